The second kappa shape index (κ2) is 10.5. The number of nitrogens with zero attached hydrogens (tertiary/aromatic N) is 2. The van der Waals surface area contributed by atoms with E-state index in [2.05, 4.69) is 10.1 Å². The molecular weight excluding hydrogens is 488 g/mol. The molecule has 4 amide bonds. The first-order valence-corrected chi connectivity index (χ1v) is 11.8. The predicted molar refractivity (Wildman–Crippen MR) is 129 cm³/mol. The van der Waals surface area contributed by atoms with Gasteiger partial charge in [-0.1, -0.05) is 12.1 Å². The van der Waals surface area contributed by atoms with E-state index in [-0.39, 0.29) is 40.6 Å². The lowest BCUT2D eigenvalue weighted by atomic mass is 10.0. The van der Waals surface area contributed by atoms with Crippen LogP contribution in [-0.4, -0.2) is 60.7 Å². The van der Waals surface area contributed by atoms with E-state index in [4.69, 9.17) is 4.74 Å². The van der Waals surface area contributed by atoms with Crippen molar-refractivity contribution in [3.05, 3.63) is 53.1 Å². The Morgan fingerprint density at radius 2 is 1.84 bits per heavy atom. The lowest BCUT2D eigenvalue weighted by Gasteiger charge is -2.28. The predicted octanol–water partition coefficient (Wildman–Crippen LogP) is 3.85. The van der Waals surface area contributed by atoms with Gasteiger partial charge in [0.15, 0.2) is 11.5 Å². The number of carbonyl (C=O) groups is 4. The molecule has 2 aromatic carbocycles. The monoisotopic (exact) mass is 515 g/mol. The smallest absolute Gasteiger partial charge is 0.387 e. The molecule has 9 nitrogen and oxygen atoms in total. The van der Waals surface area contributed by atoms with Gasteiger partial charge in [-0.25, -0.2) is 0 Å². The number of anilines is 1. The third kappa shape index (κ3) is 5.71. The Morgan fingerprint density at radius 3 is 2.46 bits per heavy atom. The van der Waals surface area contributed by atoms with Crippen molar-refractivity contribution in [2.45, 2.75) is 38.8 Å². The molecule has 0 bridgehead atoms. The molecule has 4 rings (SSSR count). The van der Waals surface area contributed by atoms with Crippen LogP contribution in [0.2, 0.25) is 0 Å². The van der Waals surface area contributed by atoms with Crippen LogP contribution in [0.1, 0.15) is 58.5 Å². The molecule has 37 heavy (non-hydrogen) atoms. The average molecular weight is 516 g/mol. The molecule has 1 atom stereocenters. The van der Waals surface area contributed by atoms with Crippen LogP contribution in [0.4, 0.5) is 14.5 Å². The van der Waals surface area contributed by atoms with Crippen LogP contribution in [0, 0.1) is 5.92 Å². The normalized spacial score (nSPS) is 15.5. The molecule has 1 aliphatic heterocycles. The molecule has 0 radical (unpaired) electrons. The summed E-state index contributed by atoms with van der Waals surface area (Å²) in [6, 6.07) is 7.57. The van der Waals surface area contributed by atoms with Crippen molar-refractivity contribution in [2.75, 3.05) is 26.0 Å². The number of carbonyl (C=O) groups excluding carboxylic acids is 4. The standard InChI is InChI=1S/C26H27F2N3O6/c1-14(32)29-18-6-4-5-17-23(18)25(35)31(24(17)34)19(12-22(33)30(2)3)16-9-10-20(37-26(27)28)21(11-16)36-13-15-7-8-15/h4-6,9-11,15,19,26H,7-8,12-13H2,1-3H3,(H,29,32)/t19-/m1/s1. The van der Waals surface area contributed by atoms with Crippen LogP contribution in [0.15, 0.2) is 36.4 Å². The number of fused-ring (bicyclic) bond motifs is 1. The van der Waals surface area contributed by atoms with Gasteiger partial charge >= 0.3 is 6.61 Å². The molecule has 2 aromatic rings. The number of hydrogen-bond acceptors (Lipinski definition) is 6. The summed E-state index contributed by atoms with van der Waals surface area (Å²) in [5, 5.41) is 2.56. The molecule has 0 aromatic heterocycles. The third-order valence-corrected chi connectivity index (χ3v) is 6.18. The first-order chi connectivity index (χ1) is 17.6. The summed E-state index contributed by atoms with van der Waals surface area (Å²) >= 11 is 0. The van der Waals surface area contributed by atoms with Crippen molar-refractivity contribution in [1.82, 2.24) is 9.80 Å². The zero-order valence-electron chi connectivity index (χ0n) is 20.6. The van der Waals surface area contributed by atoms with Gasteiger partial charge in [0.1, 0.15) is 0 Å². The first-order valence-electron chi connectivity index (χ1n) is 11.8. The van der Waals surface area contributed by atoms with Crippen LogP contribution in [-0.2, 0) is 9.59 Å². The second-order valence-electron chi connectivity index (χ2n) is 9.24. The highest BCUT2D eigenvalue weighted by atomic mass is 19.3. The molecule has 1 N–H and O–H groups in total. The quantitative estimate of drug-likeness (QED) is 0.482. The molecule has 1 fully saturated rings. The van der Waals surface area contributed by atoms with Gasteiger partial charge in [-0.2, -0.15) is 8.78 Å². The Balaban J connectivity index is 1.76. The van der Waals surface area contributed by atoms with Crippen LogP contribution < -0.4 is 14.8 Å². The first kappa shape index (κ1) is 26.1. The number of nitrogens with one attached hydrogen (secondary N) is 1. The van der Waals surface area contributed by atoms with E-state index < -0.39 is 30.4 Å². The Morgan fingerprint density at radius 1 is 1.11 bits per heavy atom. The van der Waals surface area contributed by atoms with E-state index >= 15 is 0 Å². The number of rotatable bonds is 10. The molecule has 0 saturated heterocycles. The maximum absolute atomic E-state index is 13.6. The average Bonchev–Trinajstić information content (AvgIpc) is 3.62. The summed E-state index contributed by atoms with van der Waals surface area (Å²) in [6.07, 6.45) is 1.68. The summed E-state index contributed by atoms with van der Waals surface area (Å²) in [7, 11) is 3.08. The summed E-state index contributed by atoms with van der Waals surface area (Å²) < 4.78 is 36.4. The minimum atomic E-state index is -3.08. The molecule has 2 aliphatic rings. The third-order valence-electron chi connectivity index (χ3n) is 6.18. The van der Waals surface area contributed by atoms with E-state index in [1.807, 2.05) is 0 Å². The minimum Gasteiger partial charge on any atom is -0.489 e. The Labute approximate surface area is 212 Å². The van der Waals surface area contributed by atoms with Crippen LogP contribution in [0.3, 0.4) is 0 Å². The number of benzene rings is 2. The highest BCUT2D eigenvalue weighted by Crippen LogP contribution is 2.40. The van der Waals surface area contributed by atoms with Gasteiger partial charge in [0.25, 0.3) is 11.8 Å². The van der Waals surface area contributed by atoms with Gasteiger partial charge in [0, 0.05) is 21.0 Å². The van der Waals surface area contributed by atoms with Gasteiger partial charge in [-0.15, -0.1) is 0 Å². The Kier molecular flexibility index (Phi) is 7.42. The molecule has 1 aliphatic carbocycles. The number of amides is 4. The zero-order valence-corrected chi connectivity index (χ0v) is 20.6. The van der Waals surface area contributed by atoms with E-state index in [1.165, 1.54) is 42.2 Å². The fourth-order valence-corrected chi connectivity index (χ4v) is 4.12. The molecule has 11 heteroatoms. The summed E-state index contributed by atoms with van der Waals surface area (Å²) in [6.45, 7) is -1.50. The highest BCUT2D eigenvalue weighted by molar-refractivity contribution is 6.24. The maximum Gasteiger partial charge on any atom is 0.387 e. The van der Waals surface area contributed by atoms with Gasteiger partial charge in [-0.3, -0.25) is 24.1 Å². The molecular formula is C26H27F2N3O6. The van der Waals surface area contributed by atoms with Crippen molar-refractivity contribution in [3.8, 4) is 11.5 Å². The molecule has 1 heterocycles. The molecule has 0 spiro atoms. The highest BCUT2D eigenvalue weighted by Gasteiger charge is 2.43. The maximum atomic E-state index is 13.6. The number of halogens is 2. The summed E-state index contributed by atoms with van der Waals surface area (Å²) in [4.78, 5) is 53.7. The van der Waals surface area contributed by atoms with Crippen LogP contribution in [0.25, 0.3) is 0 Å². The number of imide groups is 1. The van der Waals surface area contributed by atoms with Gasteiger partial charge in [0.05, 0.1) is 35.9 Å². The lowest BCUT2D eigenvalue weighted by Crippen LogP contribution is -2.37. The Hall–Kier alpha value is -4.02. The summed E-state index contributed by atoms with van der Waals surface area (Å²) in [5.41, 5.74) is 0.616. The van der Waals surface area contributed by atoms with Crippen molar-refractivity contribution >= 4 is 29.3 Å². The zero-order chi connectivity index (χ0) is 26.9. The fourth-order valence-electron chi connectivity index (χ4n) is 4.12. The van der Waals surface area contributed by atoms with E-state index in [0.717, 1.165) is 17.7 Å². The van der Waals surface area contributed by atoms with Gasteiger partial charge < -0.3 is 19.7 Å². The van der Waals surface area contributed by atoms with Crippen molar-refractivity contribution in [1.29, 1.82) is 0 Å². The SMILES string of the molecule is CC(=O)Nc1cccc2c1C(=O)N([C@H](CC(=O)N(C)C)c1ccc(OC(F)F)c(OCC3CC3)c1)C2=O. The minimum absolute atomic E-state index is 0.0212. The second-order valence-corrected chi connectivity index (χ2v) is 9.24. The van der Waals surface area contributed by atoms with E-state index in [0.29, 0.717) is 18.1 Å². The van der Waals surface area contributed by atoms with Crippen LogP contribution in [0.5, 0.6) is 11.5 Å². The largest absolute Gasteiger partial charge is 0.489 e. The van der Waals surface area contributed by atoms with E-state index in [9.17, 15) is 28.0 Å². The lowest BCUT2D eigenvalue weighted by molar-refractivity contribution is -0.129. The van der Waals surface area contributed by atoms with Crippen LogP contribution >= 0.6 is 0 Å². The Bertz CT molecular complexity index is 1240. The molecule has 196 valence electrons. The molecule has 1 saturated carbocycles. The topological polar surface area (TPSA) is 105 Å². The number of hydrogen-bond donors (Lipinski definition) is 1. The van der Waals surface area contributed by atoms with Gasteiger partial charge in [0.2, 0.25) is 11.8 Å². The summed E-state index contributed by atoms with van der Waals surface area (Å²) in [5.74, 6) is -1.95. The van der Waals surface area contributed by atoms with Gasteiger partial charge in [-0.05, 0) is 48.6 Å². The fraction of sp³-hybridized carbons (Fsp3) is 0.385. The van der Waals surface area contributed by atoms with Crippen molar-refractivity contribution < 1.29 is 37.4 Å². The van der Waals surface area contributed by atoms with Crippen molar-refractivity contribution in [2.24, 2.45) is 5.92 Å². The number of alkyl halides is 2. The number of ether oxygens (including phenoxy) is 2. The van der Waals surface area contributed by atoms with Crippen molar-refractivity contribution in [3.63, 3.8) is 0 Å². The molecule has 0 unspecified atom stereocenters. The van der Waals surface area contributed by atoms with E-state index in [1.54, 1.807) is 20.2 Å².